The minimum atomic E-state index is -0.475. The second kappa shape index (κ2) is 5.62. The second-order valence-electron chi connectivity index (χ2n) is 3.18. The molecule has 6 nitrogen and oxygen atoms in total. The first kappa shape index (κ1) is 11.9. The number of ether oxygens (including phenoxy) is 1. The molecule has 0 bridgehead atoms. The predicted octanol–water partition coefficient (Wildman–Crippen LogP) is 1.43. The molecule has 7 heteroatoms. The van der Waals surface area contributed by atoms with Crippen molar-refractivity contribution < 1.29 is 9.66 Å². The molecule has 1 N–H and O–H groups in total. The quantitative estimate of drug-likeness (QED) is 0.455. The van der Waals surface area contributed by atoms with Gasteiger partial charge in [-0.25, -0.2) is 4.98 Å². The highest BCUT2D eigenvalue weighted by molar-refractivity contribution is 7.16. The lowest BCUT2D eigenvalue weighted by atomic mass is 10.4. The number of nitrogens with zero attached hydrogens (tertiary/aromatic N) is 2. The summed E-state index contributed by atoms with van der Waals surface area (Å²) in [7, 11) is 0. The number of aromatic nitrogens is 1. The van der Waals surface area contributed by atoms with Gasteiger partial charge in [0.15, 0.2) is 0 Å². The van der Waals surface area contributed by atoms with Gasteiger partial charge < -0.3 is 10.1 Å². The van der Waals surface area contributed by atoms with Crippen LogP contribution in [0.15, 0.2) is 6.20 Å². The molecule has 0 aromatic carbocycles. The summed E-state index contributed by atoms with van der Waals surface area (Å²) in [6.45, 7) is 5.23. The van der Waals surface area contributed by atoms with Gasteiger partial charge in [-0.1, -0.05) is 13.8 Å². The predicted molar refractivity (Wildman–Crippen MR) is 57.4 cm³/mol. The fourth-order valence-corrected chi connectivity index (χ4v) is 1.49. The van der Waals surface area contributed by atoms with E-state index in [1.807, 2.05) is 13.8 Å². The first-order valence-electron chi connectivity index (χ1n) is 4.56. The lowest BCUT2D eigenvalue weighted by molar-refractivity contribution is -0.380. The maximum Gasteiger partial charge on any atom is 0.347 e. The van der Waals surface area contributed by atoms with Crippen LogP contribution in [0.25, 0.3) is 0 Å². The van der Waals surface area contributed by atoms with Gasteiger partial charge in [-0.15, -0.1) is 0 Å². The normalized spacial score (nSPS) is 10.6. The van der Waals surface area contributed by atoms with Gasteiger partial charge >= 0.3 is 5.00 Å². The number of thiazole rings is 1. The molecule has 84 valence electrons. The zero-order chi connectivity index (χ0) is 11.3. The van der Waals surface area contributed by atoms with E-state index in [9.17, 15) is 10.1 Å². The van der Waals surface area contributed by atoms with Crippen molar-refractivity contribution in [2.45, 2.75) is 19.9 Å². The zero-order valence-electron chi connectivity index (χ0n) is 8.60. The molecule has 0 saturated heterocycles. The molecule has 0 aliphatic heterocycles. The van der Waals surface area contributed by atoms with Crippen LogP contribution in [0.2, 0.25) is 0 Å². The molecule has 1 aromatic rings. The maximum atomic E-state index is 10.3. The summed E-state index contributed by atoms with van der Waals surface area (Å²) in [4.78, 5) is 13.6. The molecule has 0 aliphatic carbocycles. The van der Waals surface area contributed by atoms with E-state index < -0.39 is 4.92 Å². The number of rotatable bonds is 6. The number of hydrogen-bond donors (Lipinski definition) is 1. The van der Waals surface area contributed by atoms with Crippen LogP contribution in [0.4, 0.5) is 5.00 Å². The second-order valence-corrected chi connectivity index (χ2v) is 4.15. The van der Waals surface area contributed by atoms with Crippen LogP contribution in [0.3, 0.4) is 0 Å². The van der Waals surface area contributed by atoms with Gasteiger partial charge in [0, 0.05) is 12.6 Å². The Hall–Kier alpha value is -1.21. The summed E-state index contributed by atoms with van der Waals surface area (Å²) in [6, 6.07) is 0.402. The average Bonchev–Trinajstić information content (AvgIpc) is 2.60. The van der Waals surface area contributed by atoms with E-state index in [1.54, 1.807) is 0 Å². The smallest absolute Gasteiger partial charge is 0.347 e. The molecule has 0 atom stereocenters. The third-order valence-corrected chi connectivity index (χ3v) is 2.39. The third kappa shape index (κ3) is 4.22. The molecule has 0 fully saturated rings. The van der Waals surface area contributed by atoms with Crippen molar-refractivity contribution in [3.63, 3.8) is 0 Å². The monoisotopic (exact) mass is 231 g/mol. The highest BCUT2D eigenvalue weighted by Gasteiger charge is 2.11. The SMILES string of the molecule is CC(C)NCCOc1ncc([N+](=O)[O-])s1. The molecule has 0 aliphatic rings. The molecular weight excluding hydrogens is 218 g/mol. The Balaban J connectivity index is 2.29. The maximum absolute atomic E-state index is 10.3. The van der Waals surface area contributed by atoms with E-state index in [0.29, 0.717) is 24.4 Å². The standard InChI is InChI=1S/C8H13N3O3S/c1-6(2)9-3-4-14-8-10-5-7(15-8)11(12)13/h5-6,9H,3-4H2,1-2H3. The van der Waals surface area contributed by atoms with E-state index in [2.05, 4.69) is 10.3 Å². The topological polar surface area (TPSA) is 77.3 Å². The van der Waals surface area contributed by atoms with Crippen LogP contribution < -0.4 is 10.1 Å². The first-order valence-corrected chi connectivity index (χ1v) is 5.37. The lowest BCUT2D eigenvalue weighted by Gasteiger charge is -2.07. The number of hydrogen-bond acceptors (Lipinski definition) is 6. The van der Waals surface area contributed by atoms with Gasteiger partial charge in [0.25, 0.3) is 5.19 Å². The van der Waals surface area contributed by atoms with E-state index >= 15 is 0 Å². The molecule has 0 spiro atoms. The van der Waals surface area contributed by atoms with Crippen molar-refractivity contribution >= 4 is 16.3 Å². The largest absolute Gasteiger partial charge is 0.469 e. The summed E-state index contributed by atoms with van der Waals surface area (Å²) < 4.78 is 5.23. The van der Waals surface area contributed by atoms with Crippen molar-refractivity contribution in [1.82, 2.24) is 10.3 Å². The Morgan fingerprint density at radius 3 is 3.00 bits per heavy atom. The summed E-state index contributed by atoms with van der Waals surface area (Å²) in [5, 5.41) is 13.8. The van der Waals surface area contributed by atoms with Gasteiger partial charge in [-0.3, -0.25) is 10.1 Å². The molecular formula is C8H13N3O3S. The van der Waals surface area contributed by atoms with E-state index in [4.69, 9.17) is 4.74 Å². The minimum Gasteiger partial charge on any atom is -0.469 e. The van der Waals surface area contributed by atoms with Crippen LogP contribution in [-0.2, 0) is 0 Å². The Kier molecular flexibility index (Phi) is 4.44. The van der Waals surface area contributed by atoms with Crippen molar-refractivity contribution in [2.24, 2.45) is 0 Å². The van der Waals surface area contributed by atoms with Crippen LogP contribution >= 0.6 is 11.3 Å². The van der Waals surface area contributed by atoms with Crippen LogP contribution in [-0.4, -0.2) is 29.1 Å². The summed E-state index contributed by atoms with van der Waals surface area (Å²) in [6.07, 6.45) is 1.20. The number of nitrogens with one attached hydrogen (secondary N) is 1. The van der Waals surface area contributed by atoms with Crippen molar-refractivity contribution in [1.29, 1.82) is 0 Å². The molecule has 0 radical (unpaired) electrons. The fourth-order valence-electron chi connectivity index (χ4n) is 0.887. The highest BCUT2D eigenvalue weighted by atomic mass is 32.1. The lowest BCUT2D eigenvalue weighted by Crippen LogP contribution is -2.27. The molecule has 0 amide bonds. The van der Waals surface area contributed by atoms with Crippen molar-refractivity contribution in [2.75, 3.05) is 13.2 Å². The van der Waals surface area contributed by atoms with E-state index in [1.165, 1.54) is 6.20 Å². The highest BCUT2D eigenvalue weighted by Crippen LogP contribution is 2.26. The van der Waals surface area contributed by atoms with Crippen LogP contribution in [0.1, 0.15) is 13.8 Å². The van der Waals surface area contributed by atoms with Crippen molar-refractivity contribution in [3.8, 4) is 5.19 Å². The Morgan fingerprint density at radius 1 is 1.73 bits per heavy atom. The van der Waals surface area contributed by atoms with Crippen LogP contribution in [0, 0.1) is 10.1 Å². The molecule has 0 unspecified atom stereocenters. The zero-order valence-corrected chi connectivity index (χ0v) is 9.41. The Labute approximate surface area is 91.4 Å². The Bertz CT molecular complexity index is 327. The molecule has 1 heterocycles. The molecule has 0 saturated carbocycles. The summed E-state index contributed by atoms with van der Waals surface area (Å²) in [5.41, 5.74) is 0. The van der Waals surface area contributed by atoms with Gasteiger partial charge in [0.1, 0.15) is 12.8 Å². The number of nitro groups is 1. The molecule has 1 aromatic heterocycles. The minimum absolute atomic E-state index is 0.00168. The van der Waals surface area contributed by atoms with Gasteiger partial charge in [-0.2, -0.15) is 0 Å². The first-order chi connectivity index (χ1) is 7.09. The summed E-state index contributed by atoms with van der Waals surface area (Å²) in [5.74, 6) is 0. The van der Waals surface area contributed by atoms with E-state index in [-0.39, 0.29) is 5.00 Å². The van der Waals surface area contributed by atoms with Gasteiger partial charge in [-0.05, 0) is 11.3 Å². The van der Waals surface area contributed by atoms with Gasteiger partial charge in [0.2, 0.25) is 0 Å². The van der Waals surface area contributed by atoms with Crippen LogP contribution in [0.5, 0.6) is 5.19 Å². The summed E-state index contributed by atoms with van der Waals surface area (Å²) >= 11 is 0.940. The fraction of sp³-hybridized carbons (Fsp3) is 0.625. The van der Waals surface area contributed by atoms with Gasteiger partial charge in [0.05, 0.1) is 4.92 Å². The third-order valence-electron chi connectivity index (χ3n) is 1.53. The average molecular weight is 231 g/mol. The Morgan fingerprint density at radius 2 is 2.47 bits per heavy atom. The molecule has 1 rings (SSSR count). The van der Waals surface area contributed by atoms with Crippen molar-refractivity contribution in [3.05, 3.63) is 16.3 Å². The molecule has 15 heavy (non-hydrogen) atoms. The van der Waals surface area contributed by atoms with E-state index in [0.717, 1.165) is 11.3 Å².